The lowest BCUT2D eigenvalue weighted by molar-refractivity contribution is 0.181. The summed E-state index contributed by atoms with van der Waals surface area (Å²) < 4.78 is 7.82. The van der Waals surface area contributed by atoms with E-state index in [9.17, 15) is 9.59 Å². The van der Waals surface area contributed by atoms with Gasteiger partial charge in [0.15, 0.2) is 5.82 Å². The van der Waals surface area contributed by atoms with Gasteiger partial charge in [0.25, 0.3) is 11.3 Å². The van der Waals surface area contributed by atoms with Gasteiger partial charge in [0.05, 0.1) is 17.5 Å². The molecule has 0 aliphatic heterocycles. The minimum absolute atomic E-state index is 0.169. The molecule has 12 heteroatoms. The number of carbonyl (C=O) groups is 1. The minimum atomic E-state index is -0.509. The first kappa shape index (κ1) is 19.7. The quantitative estimate of drug-likeness (QED) is 0.375. The van der Waals surface area contributed by atoms with Crippen LogP contribution in [-0.2, 0) is 4.74 Å². The molecule has 11 nitrogen and oxygen atoms in total. The Morgan fingerprint density at radius 1 is 1.29 bits per heavy atom. The molecule has 1 saturated carbocycles. The van der Waals surface area contributed by atoms with Crippen molar-refractivity contribution in [2.24, 2.45) is 0 Å². The molecular weight excluding hydrogens is 420 g/mol. The second-order valence-electron chi connectivity index (χ2n) is 7.29. The Labute approximate surface area is 180 Å². The molecule has 4 heterocycles. The van der Waals surface area contributed by atoms with Crippen LogP contribution >= 0.6 is 11.8 Å². The van der Waals surface area contributed by atoms with Crippen molar-refractivity contribution in [3.8, 4) is 5.95 Å². The number of carbonyl (C=O) groups excluding carboxylic acids is 1. The van der Waals surface area contributed by atoms with E-state index in [1.807, 2.05) is 0 Å². The molecule has 0 radical (unpaired) electrons. The summed E-state index contributed by atoms with van der Waals surface area (Å²) in [6.45, 7) is 1.98. The molecule has 4 aromatic heterocycles. The van der Waals surface area contributed by atoms with Crippen molar-refractivity contribution in [1.29, 1.82) is 0 Å². The Hall–Kier alpha value is -3.28. The zero-order valence-electron chi connectivity index (χ0n) is 16.8. The molecule has 0 spiro atoms. The molecule has 0 aromatic carbocycles. The third-order valence-electron chi connectivity index (χ3n) is 5.34. The Bertz CT molecular complexity index is 1320. The van der Waals surface area contributed by atoms with Crippen molar-refractivity contribution in [2.75, 3.05) is 6.61 Å². The summed E-state index contributed by atoms with van der Waals surface area (Å²) in [6.07, 6.45) is 8.89. The van der Waals surface area contributed by atoms with Gasteiger partial charge in [0.1, 0.15) is 0 Å². The van der Waals surface area contributed by atoms with Gasteiger partial charge in [0, 0.05) is 30.1 Å². The van der Waals surface area contributed by atoms with Crippen LogP contribution in [0, 0.1) is 0 Å². The van der Waals surface area contributed by atoms with E-state index in [2.05, 4.69) is 30.2 Å². The van der Waals surface area contributed by atoms with Crippen LogP contribution in [0.1, 0.15) is 50.8 Å². The molecule has 0 unspecified atom stereocenters. The fraction of sp³-hybridized carbons (Fsp3) is 0.421. The summed E-state index contributed by atoms with van der Waals surface area (Å²) in [5, 5.41) is 11.3. The number of fused-ring (bicyclic) bond motifs is 3. The topological polar surface area (TPSA) is 133 Å². The summed E-state index contributed by atoms with van der Waals surface area (Å²) >= 11 is 0.747. The fourth-order valence-electron chi connectivity index (χ4n) is 3.85. The summed E-state index contributed by atoms with van der Waals surface area (Å²) in [4.78, 5) is 37.8. The van der Waals surface area contributed by atoms with Gasteiger partial charge in [-0.1, -0.05) is 19.3 Å². The maximum atomic E-state index is 13.1. The summed E-state index contributed by atoms with van der Waals surface area (Å²) in [5.41, 5.74) is 0.298. The predicted octanol–water partition coefficient (Wildman–Crippen LogP) is 2.84. The van der Waals surface area contributed by atoms with Crippen molar-refractivity contribution in [3.05, 3.63) is 34.6 Å². The van der Waals surface area contributed by atoms with Crippen LogP contribution in [-0.4, -0.2) is 51.2 Å². The first-order chi connectivity index (χ1) is 15.1. The normalized spacial score (nSPS) is 15.0. The van der Waals surface area contributed by atoms with E-state index in [0.717, 1.165) is 30.4 Å². The third-order valence-corrected chi connectivity index (χ3v) is 5.99. The highest BCUT2D eigenvalue weighted by Crippen LogP contribution is 2.31. The van der Waals surface area contributed by atoms with Gasteiger partial charge in [-0.15, -0.1) is 10.2 Å². The van der Waals surface area contributed by atoms with Crippen LogP contribution in [0.5, 0.6) is 0 Å². The number of nitrogens with one attached hydrogen (secondary N) is 1. The molecule has 160 valence electrons. The number of hydrogen-bond donors (Lipinski definition) is 1. The van der Waals surface area contributed by atoms with E-state index < -0.39 is 5.30 Å². The number of aromatic amines is 1. The molecule has 31 heavy (non-hydrogen) atoms. The number of aromatic nitrogens is 8. The second-order valence-corrected chi connectivity index (χ2v) is 8.19. The Kier molecular flexibility index (Phi) is 5.14. The highest BCUT2D eigenvalue weighted by molar-refractivity contribution is 8.13. The van der Waals surface area contributed by atoms with Crippen LogP contribution in [0.4, 0.5) is 4.79 Å². The van der Waals surface area contributed by atoms with Crippen molar-refractivity contribution >= 4 is 33.7 Å². The number of H-pyrrole nitrogens is 1. The molecule has 0 amide bonds. The summed E-state index contributed by atoms with van der Waals surface area (Å²) in [5.74, 6) is 1.81. The molecule has 4 aromatic rings. The largest absolute Gasteiger partial charge is 0.458 e. The third kappa shape index (κ3) is 3.67. The van der Waals surface area contributed by atoms with Gasteiger partial charge >= 0.3 is 5.30 Å². The summed E-state index contributed by atoms with van der Waals surface area (Å²) in [7, 11) is 0. The van der Waals surface area contributed by atoms with Gasteiger partial charge in [-0.2, -0.15) is 14.5 Å². The van der Waals surface area contributed by atoms with Gasteiger partial charge in [-0.3, -0.25) is 9.36 Å². The van der Waals surface area contributed by atoms with Crippen LogP contribution < -0.4 is 5.56 Å². The molecule has 5 rings (SSSR count). The van der Waals surface area contributed by atoms with Crippen molar-refractivity contribution in [2.45, 2.75) is 50.1 Å². The zero-order valence-corrected chi connectivity index (χ0v) is 17.6. The molecule has 1 aliphatic rings. The second kappa shape index (κ2) is 8.10. The first-order valence-electron chi connectivity index (χ1n) is 10.2. The van der Waals surface area contributed by atoms with Crippen molar-refractivity contribution in [1.82, 2.24) is 39.3 Å². The lowest BCUT2D eigenvalue weighted by Gasteiger charge is -2.17. The lowest BCUT2D eigenvalue weighted by Crippen LogP contribution is -2.20. The minimum Gasteiger partial charge on any atom is -0.458 e. The molecular formula is C19H20N8O3S. The standard InChI is InChI=1S/C19H20N8O3S/c1-2-30-19(29)31-18-22-17(23-24-18)26-9-8-13-12(15(26)28)10-20-16-21-14(25-27(13)16)11-6-4-3-5-7-11/h8-11H,2-7H2,1H3,(H,22,23,24). The Balaban J connectivity index is 1.51. The number of rotatable bonds is 4. The van der Waals surface area contributed by atoms with Gasteiger partial charge in [0.2, 0.25) is 11.1 Å². The van der Waals surface area contributed by atoms with Crippen LogP contribution in [0.25, 0.3) is 22.6 Å². The lowest BCUT2D eigenvalue weighted by atomic mass is 9.89. The van der Waals surface area contributed by atoms with Gasteiger partial charge in [-0.25, -0.2) is 14.9 Å². The smallest absolute Gasteiger partial charge is 0.375 e. The maximum Gasteiger partial charge on any atom is 0.375 e. The van der Waals surface area contributed by atoms with E-state index in [1.165, 1.54) is 30.0 Å². The van der Waals surface area contributed by atoms with E-state index >= 15 is 0 Å². The SMILES string of the molecule is CCOC(=O)Sc1n[nH]c(-n2ccc3c(cnc4nc(C5CCCCC5)nn43)c2=O)n1. The van der Waals surface area contributed by atoms with E-state index in [-0.39, 0.29) is 23.3 Å². The van der Waals surface area contributed by atoms with Crippen LogP contribution in [0.2, 0.25) is 0 Å². The molecule has 1 aliphatic carbocycles. The highest BCUT2D eigenvalue weighted by atomic mass is 32.2. The molecule has 1 fully saturated rings. The van der Waals surface area contributed by atoms with Crippen molar-refractivity contribution < 1.29 is 9.53 Å². The number of ether oxygens (including phenoxy) is 1. The van der Waals surface area contributed by atoms with Crippen LogP contribution in [0.3, 0.4) is 0 Å². The molecule has 0 atom stereocenters. The number of nitrogens with zero attached hydrogens (tertiary/aromatic N) is 7. The highest BCUT2D eigenvalue weighted by Gasteiger charge is 2.21. The maximum absolute atomic E-state index is 13.1. The molecule has 0 bridgehead atoms. The molecule has 0 saturated heterocycles. The fourth-order valence-corrected chi connectivity index (χ4v) is 4.40. The monoisotopic (exact) mass is 440 g/mol. The Morgan fingerprint density at radius 2 is 2.13 bits per heavy atom. The average molecular weight is 440 g/mol. The number of hydrogen-bond acceptors (Lipinski definition) is 9. The average Bonchev–Trinajstić information content (AvgIpc) is 3.42. The zero-order chi connectivity index (χ0) is 21.4. The van der Waals surface area contributed by atoms with E-state index in [1.54, 1.807) is 23.7 Å². The van der Waals surface area contributed by atoms with Gasteiger partial charge in [-0.05, 0) is 25.8 Å². The molecule has 1 N–H and O–H groups in total. The number of thioether (sulfide) groups is 1. The van der Waals surface area contributed by atoms with E-state index in [0.29, 0.717) is 22.6 Å². The first-order valence-corrected chi connectivity index (χ1v) is 11.0. The predicted molar refractivity (Wildman–Crippen MR) is 113 cm³/mol. The summed E-state index contributed by atoms with van der Waals surface area (Å²) in [6, 6.07) is 1.77. The number of pyridine rings is 1. The van der Waals surface area contributed by atoms with Crippen molar-refractivity contribution in [3.63, 3.8) is 0 Å². The Morgan fingerprint density at radius 3 is 2.94 bits per heavy atom. The van der Waals surface area contributed by atoms with Gasteiger partial charge < -0.3 is 4.74 Å². The van der Waals surface area contributed by atoms with Crippen LogP contribution in [0.15, 0.2) is 28.4 Å². The van der Waals surface area contributed by atoms with E-state index in [4.69, 9.17) is 4.74 Å².